The van der Waals surface area contributed by atoms with Crippen molar-refractivity contribution in [3.05, 3.63) is 35.4 Å². The standard InChI is InChI=1S/C11H12F2O2/c1-11(2,15)10(14)6-7-8(12)4-3-5-9(7)13/h3-5,15H,6H2,1-2H3. The van der Waals surface area contributed by atoms with Gasteiger partial charge in [0.25, 0.3) is 0 Å². The topological polar surface area (TPSA) is 37.3 Å². The fourth-order valence-corrected chi connectivity index (χ4v) is 1.08. The average Bonchev–Trinajstić information content (AvgIpc) is 2.09. The summed E-state index contributed by atoms with van der Waals surface area (Å²) in [6, 6.07) is 3.38. The van der Waals surface area contributed by atoms with Crippen LogP contribution in [-0.2, 0) is 11.2 Å². The second kappa shape index (κ2) is 4.06. The molecule has 0 atom stereocenters. The van der Waals surface area contributed by atoms with Crippen LogP contribution in [0.5, 0.6) is 0 Å². The lowest BCUT2D eigenvalue weighted by atomic mass is 9.97. The number of rotatable bonds is 3. The third kappa shape index (κ3) is 2.83. The summed E-state index contributed by atoms with van der Waals surface area (Å²) in [5.41, 5.74) is -1.88. The number of hydrogen-bond acceptors (Lipinski definition) is 2. The molecule has 0 amide bonds. The molecule has 0 saturated carbocycles. The number of carbonyl (C=O) groups excluding carboxylic acids is 1. The first-order valence-corrected chi connectivity index (χ1v) is 4.51. The van der Waals surface area contributed by atoms with Gasteiger partial charge < -0.3 is 5.11 Å². The Labute approximate surface area is 86.5 Å². The van der Waals surface area contributed by atoms with Crippen molar-refractivity contribution < 1.29 is 18.7 Å². The number of carbonyl (C=O) groups is 1. The van der Waals surface area contributed by atoms with Crippen molar-refractivity contribution in [2.24, 2.45) is 0 Å². The van der Waals surface area contributed by atoms with Gasteiger partial charge in [0.1, 0.15) is 17.2 Å². The summed E-state index contributed by atoms with van der Waals surface area (Å²) in [5, 5.41) is 9.33. The van der Waals surface area contributed by atoms with Crippen molar-refractivity contribution in [1.82, 2.24) is 0 Å². The van der Waals surface area contributed by atoms with E-state index in [0.717, 1.165) is 12.1 Å². The summed E-state index contributed by atoms with van der Waals surface area (Å²) < 4.78 is 26.3. The van der Waals surface area contributed by atoms with Gasteiger partial charge in [-0.3, -0.25) is 4.79 Å². The van der Waals surface area contributed by atoms with Crippen molar-refractivity contribution in [1.29, 1.82) is 0 Å². The summed E-state index contributed by atoms with van der Waals surface area (Å²) in [6.07, 6.45) is -0.442. The molecule has 0 spiro atoms. The molecule has 0 saturated heterocycles. The summed E-state index contributed by atoms with van der Waals surface area (Å²) in [4.78, 5) is 11.4. The zero-order valence-corrected chi connectivity index (χ0v) is 8.55. The van der Waals surface area contributed by atoms with Gasteiger partial charge in [0.05, 0.1) is 0 Å². The Kier molecular flexibility index (Phi) is 3.19. The molecule has 0 aliphatic heterocycles. The van der Waals surface area contributed by atoms with Gasteiger partial charge in [-0.1, -0.05) is 6.07 Å². The Balaban J connectivity index is 2.95. The highest BCUT2D eigenvalue weighted by Crippen LogP contribution is 2.16. The van der Waals surface area contributed by atoms with Crippen LogP contribution in [0.15, 0.2) is 18.2 Å². The largest absolute Gasteiger partial charge is 0.383 e. The predicted molar refractivity (Wildman–Crippen MR) is 51.4 cm³/mol. The van der Waals surface area contributed by atoms with Crippen LogP contribution in [0.3, 0.4) is 0 Å². The van der Waals surface area contributed by atoms with Crippen molar-refractivity contribution in [3.8, 4) is 0 Å². The molecule has 0 aliphatic carbocycles. The number of aliphatic hydroxyl groups is 1. The van der Waals surface area contributed by atoms with Gasteiger partial charge >= 0.3 is 0 Å². The minimum Gasteiger partial charge on any atom is -0.383 e. The van der Waals surface area contributed by atoms with Crippen molar-refractivity contribution in [2.75, 3.05) is 0 Å². The van der Waals surface area contributed by atoms with Crippen LogP contribution in [-0.4, -0.2) is 16.5 Å². The smallest absolute Gasteiger partial charge is 0.168 e. The van der Waals surface area contributed by atoms with E-state index in [1.807, 2.05) is 0 Å². The monoisotopic (exact) mass is 214 g/mol. The Morgan fingerprint density at radius 1 is 1.33 bits per heavy atom. The second-order valence-corrected chi connectivity index (χ2v) is 3.86. The van der Waals surface area contributed by atoms with E-state index >= 15 is 0 Å². The molecule has 0 fully saturated rings. The van der Waals surface area contributed by atoms with E-state index in [0.29, 0.717) is 0 Å². The van der Waals surface area contributed by atoms with Crippen molar-refractivity contribution in [3.63, 3.8) is 0 Å². The normalized spacial score (nSPS) is 11.5. The van der Waals surface area contributed by atoms with Crippen LogP contribution in [0.2, 0.25) is 0 Å². The fourth-order valence-electron chi connectivity index (χ4n) is 1.08. The molecular weight excluding hydrogens is 202 g/mol. The van der Waals surface area contributed by atoms with Crippen LogP contribution in [0.25, 0.3) is 0 Å². The molecular formula is C11H12F2O2. The van der Waals surface area contributed by atoms with Crippen LogP contribution in [0.4, 0.5) is 8.78 Å². The summed E-state index contributed by atoms with van der Waals surface area (Å²) in [6.45, 7) is 2.57. The molecule has 1 aromatic carbocycles. The molecule has 0 aromatic heterocycles. The summed E-state index contributed by atoms with van der Waals surface area (Å²) in [7, 11) is 0. The van der Waals surface area contributed by atoms with Crippen LogP contribution in [0, 0.1) is 11.6 Å². The van der Waals surface area contributed by atoms with E-state index in [1.54, 1.807) is 0 Å². The van der Waals surface area contributed by atoms with Gasteiger partial charge in [-0.25, -0.2) is 8.78 Å². The maximum absolute atomic E-state index is 13.1. The SMILES string of the molecule is CC(C)(O)C(=O)Cc1c(F)cccc1F. The lowest BCUT2D eigenvalue weighted by molar-refractivity contribution is -0.133. The molecule has 4 heteroatoms. The van der Waals surface area contributed by atoms with E-state index in [-0.39, 0.29) is 5.56 Å². The molecule has 1 aromatic rings. The number of benzene rings is 1. The molecule has 1 rings (SSSR count). The molecule has 0 radical (unpaired) electrons. The third-order valence-electron chi connectivity index (χ3n) is 2.08. The molecule has 15 heavy (non-hydrogen) atoms. The van der Waals surface area contributed by atoms with Gasteiger partial charge in [0, 0.05) is 12.0 Å². The highest BCUT2D eigenvalue weighted by molar-refractivity contribution is 5.88. The summed E-state index contributed by atoms with van der Waals surface area (Å²) in [5.74, 6) is -2.16. The van der Waals surface area contributed by atoms with Crippen molar-refractivity contribution >= 4 is 5.78 Å². The van der Waals surface area contributed by atoms with Gasteiger partial charge in [-0.2, -0.15) is 0 Å². The van der Waals surface area contributed by atoms with E-state index < -0.39 is 29.4 Å². The first kappa shape index (κ1) is 11.8. The van der Waals surface area contributed by atoms with Crippen molar-refractivity contribution in [2.45, 2.75) is 25.9 Å². The lowest BCUT2D eigenvalue weighted by Gasteiger charge is -2.15. The fraction of sp³-hybridized carbons (Fsp3) is 0.364. The minimum absolute atomic E-state index is 0.301. The molecule has 0 unspecified atom stereocenters. The van der Waals surface area contributed by atoms with E-state index in [1.165, 1.54) is 19.9 Å². The third-order valence-corrected chi connectivity index (χ3v) is 2.08. The molecule has 0 aliphatic rings. The molecule has 82 valence electrons. The number of ketones is 1. The molecule has 0 heterocycles. The maximum atomic E-state index is 13.1. The predicted octanol–water partition coefficient (Wildman–Crippen LogP) is 1.85. The quantitative estimate of drug-likeness (QED) is 0.833. The van der Waals surface area contributed by atoms with Crippen LogP contribution in [0.1, 0.15) is 19.4 Å². The minimum atomic E-state index is -1.57. The molecule has 2 nitrogen and oxygen atoms in total. The van der Waals surface area contributed by atoms with Gasteiger partial charge in [-0.15, -0.1) is 0 Å². The first-order valence-electron chi connectivity index (χ1n) is 4.51. The van der Waals surface area contributed by atoms with E-state index in [4.69, 9.17) is 0 Å². The van der Waals surface area contributed by atoms with Crippen LogP contribution < -0.4 is 0 Å². The van der Waals surface area contributed by atoms with Crippen LogP contribution >= 0.6 is 0 Å². The number of halogens is 2. The Hall–Kier alpha value is -1.29. The zero-order valence-electron chi connectivity index (χ0n) is 8.55. The highest BCUT2D eigenvalue weighted by atomic mass is 19.1. The molecule has 1 N–H and O–H groups in total. The van der Waals surface area contributed by atoms with E-state index in [9.17, 15) is 18.7 Å². The second-order valence-electron chi connectivity index (χ2n) is 3.86. The molecule has 0 bridgehead atoms. The number of Topliss-reactive ketones (excluding diaryl/α,β-unsaturated/α-hetero) is 1. The lowest BCUT2D eigenvalue weighted by Crippen LogP contribution is -2.33. The Morgan fingerprint density at radius 2 is 1.80 bits per heavy atom. The average molecular weight is 214 g/mol. The zero-order chi connectivity index (χ0) is 11.6. The summed E-state index contributed by atoms with van der Waals surface area (Å²) >= 11 is 0. The van der Waals surface area contributed by atoms with Gasteiger partial charge in [0.2, 0.25) is 0 Å². The Bertz CT molecular complexity index is 360. The highest BCUT2D eigenvalue weighted by Gasteiger charge is 2.25. The number of hydrogen-bond donors (Lipinski definition) is 1. The first-order chi connectivity index (χ1) is 6.82. The van der Waals surface area contributed by atoms with E-state index in [2.05, 4.69) is 0 Å². The maximum Gasteiger partial charge on any atom is 0.168 e. The Morgan fingerprint density at radius 3 is 2.20 bits per heavy atom. The van der Waals surface area contributed by atoms with Gasteiger partial charge in [-0.05, 0) is 26.0 Å². The van der Waals surface area contributed by atoms with Gasteiger partial charge in [0.15, 0.2) is 5.78 Å².